The van der Waals surface area contributed by atoms with Crippen LogP contribution in [0.5, 0.6) is 0 Å². The zero-order valence-corrected chi connectivity index (χ0v) is 18.2. The van der Waals surface area contributed by atoms with Crippen molar-refractivity contribution in [1.29, 1.82) is 0 Å². The predicted octanol–water partition coefficient (Wildman–Crippen LogP) is 5.41. The molecule has 0 aliphatic carbocycles. The molecule has 3 rings (SSSR count). The van der Waals surface area contributed by atoms with Crippen molar-refractivity contribution >= 4 is 29.7 Å². The quantitative estimate of drug-likeness (QED) is 0.258. The summed E-state index contributed by atoms with van der Waals surface area (Å²) in [6.07, 6.45) is 1.74. The molecule has 0 unspecified atom stereocenters. The molecule has 0 aromatic heterocycles. The maximum Gasteiger partial charge on any atom is 0.338 e. The number of ether oxygens (including phenoxy) is 2. The van der Waals surface area contributed by atoms with Crippen LogP contribution in [0.4, 0.5) is 11.4 Å². The van der Waals surface area contributed by atoms with Gasteiger partial charge in [0.2, 0.25) is 0 Å². The summed E-state index contributed by atoms with van der Waals surface area (Å²) < 4.78 is 10.1. The molecule has 0 N–H and O–H groups in total. The largest absolute Gasteiger partial charge is 0.462 e. The van der Waals surface area contributed by atoms with Crippen LogP contribution < -0.4 is 4.90 Å². The lowest BCUT2D eigenvalue weighted by Gasteiger charge is -2.20. The SMILES string of the molecule is CCOC(=O)c1ccc(N=CN(Cc2ccccc2)c2ccc(C(=O)OCC)cc2)cc1. The Hall–Kier alpha value is -3.93. The molecule has 0 amide bonds. The molecule has 0 bridgehead atoms. The van der Waals surface area contributed by atoms with Crippen LogP contribution in [0.1, 0.15) is 40.1 Å². The van der Waals surface area contributed by atoms with E-state index < -0.39 is 0 Å². The summed E-state index contributed by atoms with van der Waals surface area (Å²) in [5.74, 6) is -0.695. The highest BCUT2D eigenvalue weighted by Crippen LogP contribution is 2.19. The van der Waals surface area contributed by atoms with Gasteiger partial charge in [-0.05, 0) is 67.9 Å². The molecule has 0 radical (unpaired) electrons. The lowest BCUT2D eigenvalue weighted by atomic mass is 10.1. The highest BCUT2D eigenvalue weighted by molar-refractivity contribution is 5.91. The number of aliphatic imine (C=N–C) groups is 1. The molecule has 6 nitrogen and oxygen atoms in total. The summed E-state index contributed by atoms with van der Waals surface area (Å²) in [6, 6.07) is 24.2. The number of nitrogens with zero attached hydrogens (tertiary/aromatic N) is 2. The van der Waals surface area contributed by atoms with Crippen LogP contribution in [-0.2, 0) is 16.0 Å². The molecule has 0 atom stereocenters. The molecule has 6 heteroatoms. The van der Waals surface area contributed by atoms with Crippen molar-refractivity contribution in [2.45, 2.75) is 20.4 Å². The summed E-state index contributed by atoms with van der Waals surface area (Å²) in [4.78, 5) is 30.3. The first-order chi connectivity index (χ1) is 15.6. The molecular formula is C26H26N2O4. The van der Waals surface area contributed by atoms with Gasteiger partial charge in [-0.25, -0.2) is 14.6 Å². The molecule has 32 heavy (non-hydrogen) atoms. The van der Waals surface area contributed by atoms with E-state index in [2.05, 4.69) is 4.99 Å². The standard InChI is InChI=1S/C26H26N2O4/c1-3-31-25(29)21-10-14-23(15-11-21)27-19-28(18-20-8-6-5-7-9-20)24-16-12-22(13-17-24)26(30)32-4-2/h5-17,19H,3-4,18H2,1-2H3. The Morgan fingerprint density at radius 1 is 0.781 bits per heavy atom. The summed E-state index contributed by atoms with van der Waals surface area (Å²) in [5, 5.41) is 0. The molecule has 3 aromatic carbocycles. The summed E-state index contributed by atoms with van der Waals surface area (Å²) in [5.41, 5.74) is 3.70. The zero-order chi connectivity index (χ0) is 22.8. The van der Waals surface area contributed by atoms with Crippen LogP contribution in [0.3, 0.4) is 0 Å². The minimum absolute atomic E-state index is 0.335. The first kappa shape index (κ1) is 22.7. The maximum absolute atomic E-state index is 11.9. The third-order valence-corrected chi connectivity index (χ3v) is 4.63. The summed E-state index contributed by atoms with van der Waals surface area (Å²) in [6.45, 7) is 4.83. The monoisotopic (exact) mass is 430 g/mol. The Labute approximate surface area is 188 Å². The Morgan fingerprint density at radius 3 is 1.84 bits per heavy atom. The van der Waals surface area contributed by atoms with E-state index in [1.165, 1.54) is 0 Å². The summed E-state index contributed by atoms with van der Waals surface area (Å²) in [7, 11) is 0. The van der Waals surface area contributed by atoms with Gasteiger partial charge >= 0.3 is 11.9 Å². The van der Waals surface area contributed by atoms with E-state index in [-0.39, 0.29) is 11.9 Å². The highest BCUT2D eigenvalue weighted by Gasteiger charge is 2.10. The van der Waals surface area contributed by atoms with Gasteiger partial charge in [0.25, 0.3) is 0 Å². The average molecular weight is 431 g/mol. The molecular weight excluding hydrogens is 404 g/mol. The Morgan fingerprint density at radius 2 is 1.31 bits per heavy atom. The molecule has 164 valence electrons. The number of hydrogen-bond donors (Lipinski definition) is 0. The third-order valence-electron chi connectivity index (χ3n) is 4.63. The van der Waals surface area contributed by atoms with Gasteiger partial charge in [0.1, 0.15) is 0 Å². The summed E-state index contributed by atoms with van der Waals surface area (Å²) >= 11 is 0. The van der Waals surface area contributed by atoms with E-state index in [0.717, 1.165) is 11.3 Å². The molecule has 0 saturated carbocycles. The van der Waals surface area contributed by atoms with Gasteiger partial charge in [0.15, 0.2) is 0 Å². The maximum atomic E-state index is 11.9. The van der Waals surface area contributed by atoms with Crippen LogP contribution in [0.15, 0.2) is 83.9 Å². The molecule has 0 saturated heterocycles. The van der Waals surface area contributed by atoms with Crippen molar-refractivity contribution < 1.29 is 19.1 Å². The fraction of sp³-hybridized carbons (Fsp3) is 0.192. The van der Waals surface area contributed by atoms with Crippen LogP contribution >= 0.6 is 0 Å². The van der Waals surface area contributed by atoms with Gasteiger partial charge in [-0.15, -0.1) is 0 Å². The fourth-order valence-electron chi connectivity index (χ4n) is 3.02. The van der Waals surface area contributed by atoms with Gasteiger partial charge in [0, 0.05) is 12.2 Å². The Kier molecular flexibility index (Phi) is 8.15. The first-order valence-electron chi connectivity index (χ1n) is 10.5. The van der Waals surface area contributed by atoms with Gasteiger partial charge < -0.3 is 14.4 Å². The van der Waals surface area contributed by atoms with Crippen molar-refractivity contribution in [3.05, 3.63) is 95.6 Å². The fourth-order valence-corrected chi connectivity index (χ4v) is 3.02. The number of carbonyl (C=O) groups excluding carboxylic acids is 2. The second-order valence-corrected chi connectivity index (χ2v) is 6.89. The third kappa shape index (κ3) is 6.28. The van der Waals surface area contributed by atoms with Crippen LogP contribution in [0.2, 0.25) is 0 Å². The van der Waals surface area contributed by atoms with Crippen LogP contribution in [0, 0.1) is 0 Å². The second kappa shape index (κ2) is 11.5. The number of benzene rings is 3. The molecule has 0 aliphatic rings. The Bertz CT molecular complexity index is 1050. The van der Waals surface area contributed by atoms with E-state index in [1.807, 2.05) is 47.4 Å². The smallest absolute Gasteiger partial charge is 0.338 e. The van der Waals surface area contributed by atoms with Crippen molar-refractivity contribution in [2.75, 3.05) is 18.1 Å². The molecule has 0 heterocycles. The van der Waals surface area contributed by atoms with Gasteiger partial charge in [-0.3, -0.25) is 0 Å². The van der Waals surface area contributed by atoms with E-state index >= 15 is 0 Å². The van der Waals surface area contributed by atoms with Crippen molar-refractivity contribution in [3.8, 4) is 0 Å². The molecule has 3 aromatic rings. The predicted molar refractivity (Wildman–Crippen MR) is 126 cm³/mol. The number of anilines is 1. The van der Waals surface area contributed by atoms with Crippen molar-refractivity contribution in [3.63, 3.8) is 0 Å². The Balaban J connectivity index is 1.81. The zero-order valence-electron chi connectivity index (χ0n) is 18.2. The molecule has 0 aliphatic heterocycles. The van der Waals surface area contributed by atoms with E-state index in [4.69, 9.17) is 9.47 Å². The van der Waals surface area contributed by atoms with Crippen LogP contribution in [0.25, 0.3) is 0 Å². The van der Waals surface area contributed by atoms with Crippen LogP contribution in [-0.4, -0.2) is 31.5 Å². The molecule has 0 spiro atoms. The first-order valence-corrected chi connectivity index (χ1v) is 10.5. The van der Waals surface area contributed by atoms with E-state index in [0.29, 0.717) is 36.6 Å². The van der Waals surface area contributed by atoms with Crippen molar-refractivity contribution in [2.24, 2.45) is 4.99 Å². The van der Waals surface area contributed by atoms with Gasteiger partial charge in [0.05, 0.1) is 36.4 Å². The highest BCUT2D eigenvalue weighted by atomic mass is 16.5. The minimum atomic E-state index is -0.351. The van der Waals surface area contributed by atoms with Crippen molar-refractivity contribution in [1.82, 2.24) is 0 Å². The lowest BCUT2D eigenvalue weighted by molar-refractivity contribution is 0.0517. The minimum Gasteiger partial charge on any atom is -0.462 e. The lowest BCUT2D eigenvalue weighted by Crippen LogP contribution is -2.20. The average Bonchev–Trinajstić information content (AvgIpc) is 2.83. The number of rotatable bonds is 9. The van der Waals surface area contributed by atoms with E-state index in [9.17, 15) is 9.59 Å². The number of hydrogen-bond acceptors (Lipinski definition) is 5. The second-order valence-electron chi connectivity index (χ2n) is 6.89. The topological polar surface area (TPSA) is 68.2 Å². The number of esters is 2. The number of carbonyl (C=O) groups is 2. The van der Waals surface area contributed by atoms with Gasteiger partial charge in [-0.1, -0.05) is 30.3 Å². The normalized spacial score (nSPS) is 10.7. The van der Waals surface area contributed by atoms with E-state index in [1.54, 1.807) is 56.6 Å². The molecule has 0 fully saturated rings. The van der Waals surface area contributed by atoms with Gasteiger partial charge in [-0.2, -0.15) is 0 Å².